The van der Waals surface area contributed by atoms with Crippen molar-refractivity contribution in [3.8, 4) is 11.7 Å². The molecule has 0 aliphatic carbocycles. The minimum atomic E-state index is -0.198. The van der Waals surface area contributed by atoms with Crippen molar-refractivity contribution in [1.82, 2.24) is 10.2 Å². The van der Waals surface area contributed by atoms with Crippen molar-refractivity contribution in [2.24, 2.45) is 0 Å². The third-order valence-corrected chi connectivity index (χ3v) is 3.41. The lowest BCUT2D eigenvalue weighted by Crippen LogP contribution is -1.92. The highest BCUT2D eigenvalue weighted by Gasteiger charge is 2.16. The van der Waals surface area contributed by atoms with Gasteiger partial charge in [-0.1, -0.05) is 11.6 Å². The Kier molecular flexibility index (Phi) is 3.58. The molecular weight excluding hydrogens is 300 g/mol. The Bertz CT molecular complexity index is 722. The quantitative estimate of drug-likeness (QED) is 0.683. The predicted molar refractivity (Wildman–Crippen MR) is 73.6 cm³/mol. The maximum absolute atomic E-state index is 12.0. The van der Waals surface area contributed by atoms with Crippen molar-refractivity contribution in [3.63, 3.8) is 0 Å². The van der Waals surface area contributed by atoms with Gasteiger partial charge in [-0.05, 0) is 36.4 Å². The van der Waals surface area contributed by atoms with Crippen LogP contribution >= 0.6 is 23.4 Å². The first kappa shape index (κ1) is 13.0. The average Bonchev–Trinajstić information content (AvgIpc) is 3.09. The maximum atomic E-state index is 12.0. The first-order valence-electron chi connectivity index (χ1n) is 5.57. The van der Waals surface area contributed by atoms with E-state index in [2.05, 4.69) is 10.2 Å². The van der Waals surface area contributed by atoms with Gasteiger partial charge in [0.1, 0.15) is 0 Å². The Hall–Kier alpha value is -2.05. The van der Waals surface area contributed by atoms with Gasteiger partial charge in [0.15, 0.2) is 5.76 Å². The molecule has 3 rings (SSSR count). The van der Waals surface area contributed by atoms with Gasteiger partial charge in [-0.25, -0.2) is 0 Å². The van der Waals surface area contributed by atoms with Gasteiger partial charge in [0.25, 0.3) is 11.1 Å². The Morgan fingerprint density at radius 2 is 1.95 bits per heavy atom. The first-order valence-corrected chi connectivity index (χ1v) is 6.77. The fourth-order valence-electron chi connectivity index (χ4n) is 1.48. The van der Waals surface area contributed by atoms with Crippen LogP contribution < -0.4 is 0 Å². The largest absolute Gasteiger partial charge is 0.459 e. The highest BCUT2D eigenvalue weighted by molar-refractivity contribution is 8.14. The van der Waals surface area contributed by atoms with Gasteiger partial charge < -0.3 is 8.83 Å². The molecule has 2 aromatic heterocycles. The van der Waals surface area contributed by atoms with Gasteiger partial charge in [-0.15, -0.1) is 10.2 Å². The smallest absolute Gasteiger partial charge is 0.284 e. The number of carbonyl (C=O) groups excluding carboxylic acids is 1. The van der Waals surface area contributed by atoms with E-state index < -0.39 is 0 Å². The third kappa shape index (κ3) is 2.76. The van der Waals surface area contributed by atoms with E-state index in [0.29, 0.717) is 16.3 Å². The number of rotatable bonds is 3. The van der Waals surface area contributed by atoms with E-state index in [4.69, 9.17) is 20.4 Å². The SMILES string of the molecule is O=C(Sc1nnc(-c2ccco2)o1)c1ccc(Cl)cc1. The summed E-state index contributed by atoms with van der Waals surface area (Å²) < 4.78 is 10.5. The van der Waals surface area contributed by atoms with Gasteiger partial charge in [0, 0.05) is 22.3 Å². The lowest BCUT2D eigenvalue weighted by Gasteiger charge is -1.96. The van der Waals surface area contributed by atoms with Crippen LogP contribution in [0, 0.1) is 0 Å². The summed E-state index contributed by atoms with van der Waals surface area (Å²) in [5.41, 5.74) is 0.511. The summed E-state index contributed by atoms with van der Waals surface area (Å²) in [6, 6.07) is 9.99. The second kappa shape index (κ2) is 5.52. The number of hydrogen-bond donors (Lipinski definition) is 0. The van der Waals surface area contributed by atoms with E-state index in [1.807, 2.05) is 0 Å². The van der Waals surface area contributed by atoms with E-state index >= 15 is 0 Å². The van der Waals surface area contributed by atoms with Gasteiger partial charge in [-0.3, -0.25) is 4.79 Å². The van der Waals surface area contributed by atoms with Crippen molar-refractivity contribution in [3.05, 3.63) is 53.2 Å². The Morgan fingerprint density at radius 3 is 2.65 bits per heavy atom. The molecular formula is C13H7ClN2O3S. The molecule has 0 N–H and O–H groups in total. The maximum Gasteiger partial charge on any atom is 0.284 e. The standard InChI is InChI=1S/C13H7ClN2O3S/c14-9-5-3-8(4-6-9)12(17)20-13-16-15-11(19-13)10-2-1-7-18-10/h1-7H. The number of thioether (sulfide) groups is 1. The second-order valence-electron chi connectivity index (χ2n) is 3.75. The molecule has 0 amide bonds. The molecule has 0 radical (unpaired) electrons. The zero-order chi connectivity index (χ0) is 13.9. The second-order valence-corrected chi connectivity index (χ2v) is 5.11. The third-order valence-electron chi connectivity index (χ3n) is 2.40. The van der Waals surface area contributed by atoms with Crippen molar-refractivity contribution in [2.75, 3.05) is 0 Å². The molecule has 1 aromatic carbocycles. The van der Waals surface area contributed by atoms with E-state index in [1.54, 1.807) is 36.4 Å². The minimum Gasteiger partial charge on any atom is -0.459 e. The number of hydrogen-bond acceptors (Lipinski definition) is 6. The molecule has 0 aliphatic rings. The summed E-state index contributed by atoms with van der Waals surface area (Å²) >= 11 is 6.62. The normalized spacial score (nSPS) is 10.7. The number of halogens is 1. The summed E-state index contributed by atoms with van der Waals surface area (Å²) in [5, 5.41) is 8.15. The van der Waals surface area contributed by atoms with E-state index in [1.165, 1.54) is 6.26 Å². The number of furan rings is 1. The molecule has 2 heterocycles. The summed E-state index contributed by atoms with van der Waals surface area (Å²) in [7, 11) is 0. The molecule has 0 aliphatic heterocycles. The Morgan fingerprint density at radius 1 is 1.15 bits per heavy atom. The Balaban J connectivity index is 1.75. The molecule has 20 heavy (non-hydrogen) atoms. The molecule has 7 heteroatoms. The zero-order valence-electron chi connectivity index (χ0n) is 9.95. The fraction of sp³-hybridized carbons (Fsp3) is 0. The highest BCUT2D eigenvalue weighted by Crippen LogP contribution is 2.26. The fourth-order valence-corrected chi connectivity index (χ4v) is 2.22. The molecule has 0 bridgehead atoms. The minimum absolute atomic E-state index is 0.163. The van der Waals surface area contributed by atoms with Crippen LogP contribution in [0.1, 0.15) is 10.4 Å². The van der Waals surface area contributed by atoms with E-state index in [0.717, 1.165) is 11.8 Å². The summed E-state index contributed by atoms with van der Waals surface area (Å²) in [6.45, 7) is 0. The van der Waals surface area contributed by atoms with Gasteiger partial charge in [0.2, 0.25) is 5.12 Å². The van der Waals surface area contributed by atoms with Crippen LogP contribution in [0.4, 0.5) is 0 Å². The van der Waals surface area contributed by atoms with Crippen LogP contribution in [0.5, 0.6) is 0 Å². The van der Waals surface area contributed by atoms with Crippen molar-refractivity contribution in [1.29, 1.82) is 0 Å². The van der Waals surface area contributed by atoms with Crippen LogP contribution in [-0.2, 0) is 0 Å². The Labute approximate surface area is 122 Å². The first-order chi connectivity index (χ1) is 9.72. The topological polar surface area (TPSA) is 69.1 Å². The van der Waals surface area contributed by atoms with Crippen LogP contribution in [0.15, 0.2) is 56.7 Å². The molecule has 0 spiro atoms. The number of nitrogens with zero attached hydrogens (tertiary/aromatic N) is 2. The summed E-state index contributed by atoms with van der Waals surface area (Å²) in [6.07, 6.45) is 1.51. The molecule has 5 nitrogen and oxygen atoms in total. The zero-order valence-corrected chi connectivity index (χ0v) is 11.5. The lowest BCUT2D eigenvalue weighted by molar-refractivity contribution is 0.108. The van der Waals surface area contributed by atoms with Crippen LogP contribution in [0.2, 0.25) is 5.02 Å². The van der Waals surface area contributed by atoms with Crippen molar-refractivity contribution < 1.29 is 13.6 Å². The van der Waals surface area contributed by atoms with E-state index in [9.17, 15) is 4.79 Å². The number of benzene rings is 1. The predicted octanol–water partition coefficient (Wildman–Crippen LogP) is 3.92. The van der Waals surface area contributed by atoms with Gasteiger partial charge in [-0.2, -0.15) is 0 Å². The molecule has 0 saturated heterocycles. The van der Waals surface area contributed by atoms with Gasteiger partial charge >= 0.3 is 0 Å². The summed E-state index contributed by atoms with van der Waals surface area (Å²) in [5.74, 6) is 0.699. The molecule has 0 atom stereocenters. The molecule has 100 valence electrons. The molecule has 0 saturated carbocycles. The van der Waals surface area contributed by atoms with Crippen molar-refractivity contribution >= 4 is 28.5 Å². The highest BCUT2D eigenvalue weighted by atomic mass is 35.5. The molecule has 3 aromatic rings. The van der Waals surface area contributed by atoms with Crippen LogP contribution in [-0.4, -0.2) is 15.3 Å². The number of carbonyl (C=O) groups is 1. The van der Waals surface area contributed by atoms with Crippen LogP contribution in [0.3, 0.4) is 0 Å². The average molecular weight is 307 g/mol. The molecule has 0 unspecified atom stereocenters. The summed E-state index contributed by atoms with van der Waals surface area (Å²) in [4.78, 5) is 12.0. The van der Waals surface area contributed by atoms with Crippen LogP contribution in [0.25, 0.3) is 11.7 Å². The lowest BCUT2D eigenvalue weighted by atomic mass is 10.2. The van der Waals surface area contributed by atoms with Gasteiger partial charge in [0.05, 0.1) is 6.26 Å². The van der Waals surface area contributed by atoms with E-state index in [-0.39, 0.29) is 16.2 Å². The van der Waals surface area contributed by atoms with Crippen molar-refractivity contribution in [2.45, 2.75) is 5.22 Å². The number of aromatic nitrogens is 2. The molecule has 0 fully saturated rings. The monoisotopic (exact) mass is 306 g/mol.